The molecule has 0 heterocycles. The first-order valence-corrected chi connectivity index (χ1v) is 16.1. The molecule has 1 nitrogen and oxygen atoms in total. The SMILES string of the molecule is c1ccc(-c2ccc(-c3cccc(N(c4ccccc4)c4ccccc4-c4cccc(-c5cccc6ccccc56)c4)c3)cc2)cc1. The maximum Gasteiger partial charge on any atom is 0.0540 e. The highest BCUT2D eigenvalue weighted by Gasteiger charge is 2.18. The molecule has 0 radical (unpaired) electrons. The first-order valence-electron chi connectivity index (χ1n) is 16.1. The van der Waals surface area contributed by atoms with Crippen molar-refractivity contribution in [1.82, 2.24) is 0 Å². The Hall–Kier alpha value is -6.18. The summed E-state index contributed by atoms with van der Waals surface area (Å²) in [4.78, 5) is 2.38. The lowest BCUT2D eigenvalue weighted by Crippen LogP contribution is -2.11. The molecule has 8 aromatic carbocycles. The highest BCUT2D eigenvalue weighted by atomic mass is 15.1. The van der Waals surface area contributed by atoms with Crippen molar-refractivity contribution in [2.24, 2.45) is 0 Å². The molecule has 0 saturated heterocycles. The number of benzene rings is 8. The van der Waals surface area contributed by atoms with Crippen LogP contribution in [0.4, 0.5) is 17.1 Å². The largest absolute Gasteiger partial charge is 0.310 e. The molecule has 0 saturated carbocycles. The third-order valence-corrected chi connectivity index (χ3v) is 8.86. The summed E-state index contributed by atoms with van der Waals surface area (Å²) in [6, 6.07) is 71.8. The molecule has 222 valence electrons. The number of hydrogen-bond donors (Lipinski definition) is 0. The molecular formula is C46H33N. The van der Waals surface area contributed by atoms with Crippen LogP contribution < -0.4 is 4.90 Å². The van der Waals surface area contributed by atoms with Crippen molar-refractivity contribution in [2.75, 3.05) is 4.90 Å². The molecular weight excluding hydrogens is 567 g/mol. The molecule has 0 aliphatic rings. The Bertz CT molecular complexity index is 2280. The van der Waals surface area contributed by atoms with Gasteiger partial charge in [0.1, 0.15) is 0 Å². The quantitative estimate of drug-likeness (QED) is 0.176. The second-order valence-corrected chi connectivity index (χ2v) is 11.8. The number of hydrogen-bond acceptors (Lipinski definition) is 1. The fourth-order valence-electron chi connectivity index (χ4n) is 6.56. The molecule has 0 spiro atoms. The smallest absolute Gasteiger partial charge is 0.0540 e. The van der Waals surface area contributed by atoms with Crippen LogP contribution in [0.3, 0.4) is 0 Å². The van der Waals surface area contributed by atoms with Crippen molar-refractivity contribution >= 4 is 27.8 Å². The molecule has 47 heavy (non-hydrogen) atoms. The van der Waals surface area contributed by atoms with Crippen LogP contribution in [-0.4, -0.2) is 0 Å². The molecule has 0 aromatic heterocycles. The van der Waals surface area contributed by atoms with E-state index < -0.39 is 0 Å². The van der Waals surface area contributed by atoms with Crippen LogP contribution in [0, 0.1) is 0 Å². The van der Waals surface area contributed by atoms with Gasteiger partial charge in [-0.3, -0.25) is 0 Å². The van der Waals surface area contributed by atoms with E-state index in [9.17, 15) is 0 Å². The van der Waals surface area contributed by atoms with E-state index in [0.717, 1.165) is 17.1 Å². The molecule has 1 heteroatoms. The molecule has 8 aromatic rings. The Labute approximate surface area is 276 Å². The predicted octanol–water partition coefficient (Wildman–Crippen LogP) is 13.0. The van der Waals surface area contributed by atoms with E-state index in [1.165, 1.54) is 55.3 Å². The molecule has 0 amide bonds. The van der Waals surface area contributed by atoms with E-state index in [2.05, 4.69) is 205 Å². The van der Waals surface area contributed by atoms with Gasteiger partial charge in [0, 0.05) is 16.9 Å². The monoisotopic (exact) mass is 599 g/mol. The first kappa shape index (κ1) is 28.3. The lowest BCUT2D eigenvalue weighted by Gasteiger charge is -2.28. The van der Waals surface area contributed by atoms with Crippen molar-refractivity contribution in [1.29, 1.82) is 0 Å². The lowest BCUT2D eigenvalue weighted by molar-refractivity contribution is 1.28. The van der Waals surface area contributed by atoms with Gasteiger partial charge in [0.05, 0.1) is 5.69 Å². The minimum Gasteiger partial charge on any atom is -0.310 e. The van der Waals surface area contributed by atoms with E-state index in [1.807, 2.05) is 0 Å². The summed E-state index contributed by atoms with van der Waals surface area (Å²) >= 11 is 0. The summed E-state index contributed by atoms with van der Waals surface area (Å²) in [5.74, 6) is 0. The van der Waals surface area contributed by atoms with Crippen LogP contribution in [0.15, 0.2) is 200 Å². The zero-order valence-electron chi connectivity index (χ0n) is 26.0. The fourth-order valence-corrected chi connectivity index (χ4v) is 6.56. The maximum atomic E-state index is 2.38. The standard InChI is InChI=1S/C46H33N/c1-3-14-34(15-4-1)35-28-30-36(31-29-35)38-18-12-23-42(33-38)47(41-21-5-2-6-22-41)46-27-10-9-25-45(46)40-20-11-19-39(32-40)44-26-13-17-37-16-7-8-24-43(37)44/h1-33H. The van der Waals surface area contributed by atoms with Gasteiger partial charge in [-0.25, -0.2) is 0 Å². The molecule has 0 fully saturated rings. The minimum atomic E-state index is 1.11. The Morgan fingerprint density at radius 1 is 0.277 bits per heavy atom. The van der Waals surface area contributed by atoms with Gasteiger partial charge >= 0.3 is 0 Å². The van der Waals surface area contributed by atoms with Gasteiger partial charge in [-0.1, -0.05) is 164 Å². The van der Waals surface area contributed by atoms with E-state index >= 15 is 0 Å². The zero-order valence-corrected chi connectivity index (χ0v) is 26.0. The topological polar surface area (TPSA) is 3.24 Å². The predicted molar refractivity (Wildman–Crippen MR) is 200 cm³/mol. The summed E-state index contributed by atoms with van der Waals surface area (Å²) in [6.07, 6.45) is 0. The van der Waals surface area contributed by atoms with E-state index in [1.54, 1.807) is 0 Å². The normalized spacial score (nSPS) is 11.0. The van der Waals surface area contributed by atoms with Crippen molar-refractivity contribution in [3.05, 3.63) is 200 Å². The molecule has 0 N–H and O–H groups in total. The number of para-hydroxylation sites is 2. The number of fused-ring (bicyclic) bond motifs is 1. The molecule has 8 rings (SSSR count). The Morgan fingerprint density at radius 3 is 1.57 bits per heavy atom. The summed E-state index contributed by atoms with van der Waals surface area (Å²) in [6.45, 7) is 0. The van der Waals surface area contributed by atoms with Crippen LogP contribution in [0.25, 0.3) is 55.3 Å². The van der Waals surface area contributed by atoms with Crippen molar-refractivity contribution in [3.63, 3.8) is 0 Å². The third-order valence-electron chi connectivity index (χ3n) is 8.86. The zero-order chi connectivity index (χ0) is 31.4. The van der Waals surface area contributed by atoms with Gasteiger partial charge in [-0.05, 0) is 86.1 Å². The van der Waals surface area contributed by atoms with E-state index in [0.29, 0.717) is 0 Å². The van der Waals surface area contributed by atoms with Gasteiger partial charge in [-0.15, -0.1) is 0 Å². The summed E-state index contributed by atoms with van der Waals surface area (Å²) in [5.41, 5.74) is 13.0. The molecule has 0 bridgehead atoms. The van der Waals surface area contributed by atoms with Crippen LogP contribution in [0.1, 0.15) is 0 Å². The molecule has 0 unspecified atom stereocenters. The summed E-state index contributed by atoms with van der Waals surface area (Å²) in [5, 5.41) is 2.51. The van der Waals surface area contributed by atoms with Gasteiger partial charge in [-0.2, -0.15) is 0 Å². The van der Waals surface area contributed by atoms with Gasteiger partial charge < -0.3 is 4.90 Å². The van der Waals surface area contributed by atoms with Crippen molar-refractivity contribution < 1.29 is 0 Å². The summed E-state index contributed by atoms with van der Waals surface area (Å²) in [7, 11) is 0. The van der Waals surface area contributed by atoms with Crippen molar-refractivity contribution in [2.45, 2.75) is 0 Å². The highest BCUT2D eigenvalue weighted by molar-refractivity contribution is 5.98. The van der Waals surface area contributed by atoms with Gasteiger partial charge in [0.15, 0.2) is 0 Å². The molecule has 0 atom stereocenters. The van der Waals surface area contributed by atoms with Crippen molar-refractivity contribution in [3.8, 4) is 44.5 Å². The molecule has 0 aliphatic carbocycles. The average Bonchev–Trinajstić information content (AvgIpc) is 3.16. The molecule has 0 aliphatic heterocycles. The van der Waals surface area contributed by atoms with Gasteiger partial charge in [0.2, 0.25) is 0 Å². The minimum absolute atomic E-state index is 1.11. The van der Waals surface area contributed by atoms with Crippen LogP contribution in [-0.2, 0) is 0 Å². The third kappa shape index (κ3) is 5.72. The Kier molecular flexibility index (Phi) is 7.63. The van der Waals surface area contributed by atoms with E-state index in [-0.39, 0.29) is 0 Å². The maximum absolute atomic E-state index is 2.38. The second kappa shape index (κ2) is 12.7. The first-order chi connectivity index (χ1) is 23.3. The van der Waals surface area contributed by atoms with E-state index in [4.69, 9.17) is 0 Å². The van der Waals surface area contributed by atoms with Crippen LogP contribution >= 0.6 is 0 Å². The highest BCUT2D eigenvalue weighted by Crippen LogP contribution is 2.42. The summed E-state index contributed by atoms with van der Waals surface area (Å²) < 4.78 is 0. The Morgan fingerprint density at radius 2 is 0.766 bits per heavy atom. The number of anilines is 3. The fraction of sp³-hybridized carbons (Fsp3) is 0. The lowest BCUT2D eigenvalue weighted by atomic mass is 9.94. The second-order valence-electron chi connectivity index (χ2n) is 11.8. The van der Waals surface area contributed by atoms with Gasteiger partial charge in [0.25, 0.3) is 0 Å². The Balaban J connectivity index is 1.22. The number of rotatable bonds is 7. The number of nitrogens with zero attached hydrogens (tertiary/aromatic N) is 1. The van der Waals surface area contributed by atoms with Crippen LogP contribution in [0.5, 0.6) is 0 Å². The average molecular weight is 600 g/mol. The van der Waals surface area contributed by atoms with Crippen LogP contribution in [0.2, 0.25) is 0 Å².